The topological polar surface area (TPSA) is 121 Å². The molecule has 42 heavy (non-hydrogen) atoms. The SMILES string of the molecule is COc1cc(C(=O)N[C@H]2CCOC2)ccc1Nc1nc2c(c(OC3CCCC3)n1)C(c1ccc3nc(C)oc3c1)=CC2. The maximum Gasteiger partial charge on any atom is 0.251 e. The largest absolute Gasteiger partial charge is 0.495 e. The Morgan fingerprint density at radius 2 is 1.93 bits per heavy atom. The molecular weight excluding hydrogens is 534 g/mol. The van der Waals surface area contributed by atoms with Gasteiger partial charge in [-0.25, -0.2) is 9.97 Å². The summed E-state index contributed by atoms with van der Waals surface area (Å²) >= 11 is 0. The molecule has 7 rings (SSSR count). The number of aryl methyl sites for hydroxylation is 1. The number of allylic oxidation sites excluding steroid dienone is 1. The summed E-state index contributed by atoms with van der Waals surface area (Å²) in [6, 6.07) is 11.4. The first-order chi connectivity index (χ1) is 20.5. The molecule has 3 heterocycles. The van der Waals surface area contributed by atoms with Gasteiger partial charge in [0.25, 0.3) is 5.91 Å². The molecule has 2 aliphatic carbocycles. The molecule has 2 aromatic heterocycles. The standard InChI is InChI=1S/C32H33N5O5/c1-18-33-25-10-7-19(15-28(25)41-18)23-9-12-26-29(23)31(42-22-5-3-4-6-22)37-32(36-26)35-24-11-8-20(16-27(24)39-2)30(38)34-21-13-14-40-17-21/h7-11,15-16,21-22H,3-6,12-14,17H2,1-2H3,(H,34,38)(H,35,36,37)/t21-/m0/s1. The van der Waals surface area contributed by atoms with E-state index in [-0.39, 0.29) is 18.1 Å². The Morgan fingerprint density at radius 1 is 1.05 bits per heavy atom. The molecule has 0 bridgehead atoms. The number of aromatic nitrogens is 3. The molecule has 10 heteroatoms. The van der Waals surface area contributed by atoms with Crippen molar-refractivity contribution in [1.82, 2.24) is 20.3 Å². The van der Waals surface area contributed by atoms with E-state index in [9.17, 15) is 4.79 Å². The summed E-state index contributed by atoms with van der Waals surface area (Å²) < 4.78 is 23.4. The predicted octanol–water partition coefficient (Wildman–Crippen LogP) is 5.51. The van der Waals surface area contributed by atoms with Crippen molar-refractivity contribution >= 4 is 34.2 Å². The van der Waals surface area contributed by atoms with E-state index in [4.69, 9.17) is 28.6 Å². The van der Waals surface area contributed by atoms with Crippen LogP contribution in [0.15, 0.2) is 46.9 Å². The molecular formula is C32H33N5O5. The quantitative estimate of drug-likeness (QED) is 0.284. The third-order valence-electron chi connectivity index (χ3n) is 8.08. The lowest BCUT2D eigenvalue weighted by Crippen LogP contribution is -2.34. The van der Waals surface area contributed by atoms with E-state index >= 15 is 0 Å². The van der Waals surface area contributed by atoms with Crippen molar-refractivity contribution in [2.45, 2.75) is 57.6 Å². The van der Waals surface area contributed by atoms with Crippen LogP contribution in [-0.4, -0.2) is 53.3 Å². The first-order valence-corrected chi connectivity index (χ1v) is 14.5. The van der Waals surface area contributed by atoms with E-state index in [2.05, 4.69) is 27.8 Å². The Bertz CT molecular complexity index is 1680. The van der Waals surface area contributed by atoms with E-state index in [1.165, 1.54) is 0 Å². The van der Waals surface area contributed by atoms with Crippen LogP contribution in [0.3, 0.4) is 0 Å². The summed E-state index contributed by atoms with van der Waals surface area (Å²) in [5, 5.41) is 6.33. The van der Waals surface area contributed by atoms with Crippen LogP contribution in [-0.2, 0) is 11.2 Å². The second-order valence-corrected chi connectivity index (χ2v) is 11.0. The number of methoxy groups -OCH3 is 1. The zero-order chi connectivity index (χ0) is 28.6. The third kappa shape index (κ3) is 5.18. The number of ether oxygens (including phenoxy) is 3. The maximum atomic E-state index is 12.8. The molecule has 0 radical (unpaired) electrons. The smallest absolute Gasteiger partial charge is 0.251 e. The lowest BCUT2D eigenvalue weighted by Gasteiger charge is -2.19. The molecule has 2 aromatic carbocycles. The van der Waals surface area contributed by atoms with Gasteiger partial charge < -0.3 is 29.3 Å². The fourth-order valence-corrected chi connectivity index (χ4v) is 5.95. The van der Waals surface area contributed by atoms with Gasteiger partial charge in [0.1, 0.15) is 17.4 Å². The monoisotopic (exact) mass is 567 g/mol. The molecule has 1 aliphatic heterocycles. The van der Waals surface area contributed by atoms with Crippen molar-refractivity contribution in [2.24, 2.45) is 0 Å². The van der Waals surface area contributed by atoms with Crippen LogP contribution < -0.4 is 20.1 Å². The summed E-state index contributed by atoms with van der Waals surface area (Å²) in [5.74, 6) is 1.98. The van der Waals surface area contributed by atoms with Crippen LogP contribution in [0.5, 0.6) is 11.6 Å². The Balaban J connectivity index is 1.19. The maximum absolute atomic E-state index is 12.8. The minimum absolute atomic E-state index is 0.0275. The number of hydrogen-bond acceptors (Lipinski definition) is 9. The highest BCUT2D eigenvalue weighted by molar-refractivity contribution is 5.95. The van der Waals surface area contributed by atoms with Crippen molar-refractivity contribution in [1.29, 1.82) is 0 Å². The minimum atomic E-state index is -0.159. The van der Waals surface area contributed by atoms with Gasteiger partial charge in [0.2, 0.25) is 11.8 Å². The van der Waals surface area contributed by atoms with Gasteiger partial charge in [-0.05, 0) is 73.6 Å². The van der Waals surface area contributed by atoms with Crippen LogP contribution in [0, 0.1) is 6.92 Å². The first-order valence-electron chi connectivity index (χ1n) is 14.5. The Hall–Kier alpha value is -4.44. The van der Waals surface area contributed by atoms with Crippen LogP contribution in [0.2, 0.25) is 0 Å². The molecule has 1 atom stereocenters. The number of carbonyl (C=O) groups is 1. The van der Waals surface area contributed by atoms with Gasteiger partial charge >= 0.3 is 0 Å². The van der Waals surface area contributed by atoms with Gasteiger partial charge in [-0.3, -0.25) is 4.79 Å². The lowest BCUT2D eigenvalue weighted by molar-refractivity contribution is 0.0929. The summed E-state index contributed by atoms with van der Waals surface area (Å²) in [6.45, 7) is 3.05. The van der Waals surface area contributed by atoms with Crippen LogP contribution in [0.4, 0.5) is 11.6 Å². The highest BCUT2D eigenvalue weighted by Crippen LogP contribution is 2.41. The molecule has 216 valence electrons. The van der Waals surface area contributed by atoms with E-state index < -0.39 is 0 Å². The molecule has 10 nitrogen and oxygen atoms in total. The number of nitrogens with one attached hydrogen (secondary N) is 2. The zero-order valence-corrected chi connectivity index (χ0v) is 23.7. The predicted molar refractivity (Wildman–Crippen MR) is 157 cm³/mol. The molecule has 2 fully saturated rings. The fraction of sp³-hybridized carbons (Fsp3) is 0.375. The number of amides is 1. The Kier molecular flexibility index (Phi) is 6.99. The number of anilines is 2. The van der Waals surface area contributed by atoms with E-state index in [1.807, 2.05) is 25.1 Å². The summed E-state index contributed by atoms with van der Waals surface area (Å²) in [6.07, 6.45) is 8.07. The highest BCUT2D eigenvalue weighted by atomic mass is 16.5. The van der Waals surface area contributed by atoms with E-state index in [0.29, 0.717) is 54.4 Å². The van der Waals surface area contributed by atoms with Crippen LogP contribution >= 0.6 is 0 Å². The van der Waals surface area contributed by atoms with E-state index in [0.717, 1.165) is 65.6 Å². The van der Waals surface area contributed by atoms with Gasteiger partial charge in [-0.2, -0.15) is 4.98 Å². The average Bonchev–Trinajstić information content (AvgIpc) is 3.80. The molecule has 0 unspecified atom stereocenters. The number of fused-ring (bicyclic) bond motifs is 2. The number of oxazole rings is 1. The van der Waals surface area contributed by atoms with Crippen LogP contribution in [0.25, 0.3) is 16.7 Å². The molecule has 1 saturated carbocycles. The second kappa shape index (κ2) is 11.1. The Morgan fingerprint density at radius 3 is 2.74 bits per heavy atom. The number of nitrogens with zero attached hydrogens (tertiary/aromatic N) is 3. The van der Waals surface area contributed by atoms with Gasteiger partial charge in [-0.1, -0.05) is 12.1 Å². The van der Waals surface area contributed by atoms with Crippen molar-refractivity contribution < 1.29 is 23.4 Å². The zero-order valence-electron chi connectivity index (χ0n) is 23.7. The summed E-state index contributed by atoms with van der Waals surface area (Å²) in [4.78, 5) is 27.0. The Labute approximate surface area is 243 Å². The lowest BCUT2D eigenvalue weighted by atomic mass is 10.0. The van der Waals surface area contributed by atoms with E-state index in [1.54, 1.807) is 19.2 Å². The highest BCUT2D eigenvalue weighted by Gasteiger charge is 2.28. The summed E-state index contributed by atoms with van der Waals surface area (Å²) in [5.41, 5.74) is 6.59. The number of rotatable bonds is 8. The van der Waals surface area contributed by atoms with Crippen molar-refractivity contribution in [3.8, 4) is 11.6 Å². The number of hydrogen-bond donors (Lipinski definition) is 2. The molecule has 0 spiro atoms. The molecule has 2 N–H and O–H groups in total. The van der Waals surface area contributed by atoms with Crippen molar-refractivity contribution in [3.05, 3.63) is 70.7 Å². The first kappa shape index (κ1) is 26.5. The molecule has 4 aromatic rings. The number of benzene rings is 2. The third-order valence-corrected chi connectivity index (χ3v) is 8.08. The minimum Gasteiger partial charge on any atom is -0.495 e. The van der Waals surface area contributed by atoms with Gasteiger partial charge in [0.05, 0.1) is 36.7 Å². The molecule has 1 amide bonds. The van der Waals surface area contributed by atoms with Gasteiger partial charge in [0.15, 0.2) is 11.5 Å². The van der Waals surface area contributed by atoms with Gasteiger partial charge in [0, 0.05) is 25.5 Å². The van der Waals surface area contributed by atoms with Crippen LogP contribution in [0.1, 0.15) is 65.2 Å². The van der Waals surface area contributed by atoms with Gasteiger partial charge in [-0.15, -0.1) is 0 Å². The normalized spacial score (nSPS) is 18.2. The number of carbonyl (C=O) groups excluding carboxylic acids is 1. The molecule has 3 aliphatic rings. The molecule has 1 saturated heterocycles. The van der Waals surface area contributed by atoms with Crippen molar-refractivity contribution in [2.75, 3.05) is 25.6 Å². The summed E-state index contributed by atoms with van der Waals surface area (Å²) in [7, 11) is 1.58. The van der Waals surface area contributed by atoms with Crippen molar-refractivity contribution in [3.63, 3.8) is 0 Å². The second-order valence-electron chi connectivity index (χ2n) is 11.0. The average molecular weight is 568 g/mol. The fourth-order valence-electron chi connectivity index (χ4n) is 5.95.